The molecule has 1 unspecified atom stereocenters. The largest absolute Gasteiger partial charge is 0.496 e. The molecule has 2 heterocycles. The third-order valence-corrected chi connectivity index (χ3v) is 8.61. The number of hydrogen-bond acceptors (Lipinski definition) is 4. The van der Waals surface area contributed by atoms with Gasteiger partial charge in [0.1, 0.15) is 5.75 Å². The maximum Gasteiger partial charge on any atom is 0.229 e. The standard InChI is InChI=1S/C26H36N2O3/c1-18(28-23(29)15-26(16-24(28)30)10-3-4-11-26)8-12-27-13-9-21-20(17-27)14-19-6-5-7-22(31-2)25(19)21/h5-7,18,20-21H,3-4,8-17H2,1-2H3/t18?,20-,21+/m0/s1. The Balaban J connectivity index is 1.17. The Kier molecular flexibility index (Phi) is 5.58. The van der Waals surface area contributed by atoms with Crippen LogP contribution in [0.4, 0.5) is 0 Å². The van der Waals surface area contributed by atoms with Crippen molar-refractivity contribution in [3.63, 3.8) is 0 Å². The van der Waals surface area contributed by atoms with Gasteiger partial charge in [-0.25, -0.2) is 0 Å². The first kappa shape index (κ1) is 21.0. The molecule has 1 saturated carbocycles. The molecule has 5 rings (SSSR count). The molecule has 31 heavy (non-hydrogen) atoms. The van der Waals surface area contributed by atoms with Gasteiger partial charge in [-0.15, -0.1) is 0 Å². The molecule has 5 nitrogen and oxygen atoms in total. The van der Waals surface area contributed by atoms with Crippen LogP contribution >= 0.6 is 0 Å². The fraction of sp³-hybridized carbons (Fsp3) is 0.692. The summed E-state index contributed by atoms with van der Waals surface area (Å²) in [5.41, 5.74) is 2.88. The number of ether oxygens (including phenoxy) is 1. The zero-order chi connectivity index (χ0) is 21.6. The van der Waals surface area contributed by atoms with Crippen LogP contribution in [0.25, 0.3) is 0 Å². The molecular weight excluding hydrogens is 388 g/mol. The molecule has 0 aromatic heterocycles. The molecule has 0 N–H and O–H groups in total. The highest BCUT2D eigenvalue weighted by Crippen LogP contribution is 2.48. The van der Waals surface area contributed by atoms with Crippen LogP contribution in [-0.4, -0.2) is 54.4 Å². The van der Waals surface area contributed by atoms with E-state index >= 15 is 0 Å². The number of nitrogens with zero attached hydrogens (tertiary/aromatic N) is 2. The molecule has 0 radical (unpaired) electrons. The van der Waals surface area contributed by atoms with Gasteiger partial charge < -0.3 is 9.64 Å². The van der Waals surface area contributed by atoms with Crippen molar-refractivity contribution >= 4 is 11.8 Å². The molecule has 1 aromatic rings. The smallest absolute Gasteiger partial charge is 0.229 e. The molecule has 0 bridgehead atoms. The van der Waals surface area contributed by atoms with Crippen LogP contribution in [0.3, 0.4) is 0 Å². The van der Waals surface area contributed by atoms with Crippen molar-refractivity contribution in [1.29, 1.82) is 0 Å². The van der Waals surface area contributed by atoms with Crippen molar-refractivity contribution < 1.29 is 14.3 Å². The first-order valence-electron chi connectivity index (χ1n) is 12.2. The minimum atomic E-state index is -0.00912. The van der Waals surface area contributed by atoms with Crippen LogP contribution in [-0.2, 0) is 16.0 Å². The van der Waals surface area contributed by atoms with Crippen molar-refractivity contribution in [1.82, 2.24) is 9.80 Å². The zero-order valence-electron chi connectivity index (χ0n) is 19.1. The zero-order valence-corrected chi connectivity index (χ0v) is 19.1. The van der Waals surface area contributed by atoms with E-state index in [1.807, 2.05) is 0 Å². The Bertz CT molecular complexity index is 840. The maximum absolute atomic E-state index is 12.9. The second-order valence-electron chi connectivity index (χ2n) is 10.5. The predicted molar refractivity (Wildman–Crippen MR) is 120 cm³/mol. The van der Waals surface area contributed by atoms with Gasteiger partial charge in [-0.05, 0) is 74.5 Å². The van der Waals surface area contributed by atoms with E-state index in [-0.39, 0.29) is 23.3 Å². The molecule has 3 atom stereocenters. The minimum absolute atomic E-state index is 0.00246. The number of likely N-dealkylation sites (tertiary alicyclic amines) is 2. The van der Waals surface area contributed by atoms with Crippen LogP contribution in [0.1, 0.15) is 75.3 Å². The molecule has 3 fully saturated rings. The van der Waals surface area contributed by atoms with Gasteiger partial charge >= 0.3 is 0 Å². The first-order chi connectivity index (χ1) is 15.0. The number of benzene rings is 1. The third-order valence-electron chi connectivity index (χ3n) is 8.61. The normalized spacial score (nSPS) is 28.6. The van der Waals surface area contributed by atoms with Gasteiger partial charge in [0.15, 0.2) is 0 Å². The number of fused-ring (bicyclic) bond motifs is 3. The molecule has 4 aliphatic rings. The maximum atomic E-state index is 12.9. The van der Waals surface area contributed by atoms with Gasteiger partial charge in [0.05, 0.1) is 7.11 Å². The number of methoxy groups -OCH3 is 1. The van der Waals surface area contributed by atoms with E-state index in [0.29, 0.717) is 24.7 Å². The number of amides is 2. The summed E-state index contributed by atoms with van der Waals surface area (Å²) in [6, 6.07) is 6.46. The highest BCUT2D eigenvalue weighted by Gasteiger charge is 2.46. The van der Waals surface area contributed by atoms with E-state index in [0.717, 1.165) is 57.5 Å². The Morgan fingerprint density at radius 1 is 1.16 bits per heavy atom. The number of rotatable bonds is 5. The second-order valence-corrected chi connectivity index (χ2v) is 10.5. The van der Waals surface area contributed by atoms with Gasteiger partial charge in [-0.3, -0.25) is 14.5 Å². The quantitative estimate of drug-likeness (QED) is 0.667. The summed E-state index contributed by atoms with van der Waals surface area (Å²) in [6.45, 7) is 5.20. The number of hydrogen-bond donors (Lipinski definition) is 0. The van der Waals surface area contributed by atoms with E-state index in [2.05, 4.69) is 30.0 Å². The van der Waals surface area contributed by atoms with E-state index in [1.165, 1.54) is 24.0 Å². The summed E-state index contributed by atoms with van der Waals surface area (Å²) >= 11 is 0. The predicted octanol–water partition coefficient (Wildman–Crippen LogP) is 4.14. The highest BCUT2D eigenvalue weighted by molar-refractivity contribution is 5.99. The van der Waals surface area contributed by atoms with E-state index < -0.39 is 0 Å². The highest BCUT2D eigenvalue weighted by atomic mass is 16.5. The molecule has 5 heteroatoms. The lowest BCUT2D eigenvalue weighted by Gasteiger charge is -2.41. The van der Waals surface area contributed by atoms with Crippen molar-refractivity contribution in [2.45, 2.75) is 76.7 Å². The van der Waals surface area contributed by atoms with Gasteiger partial charge in [0, 0.05) is 37.5 Å². The van der Waals surface area contributed by atoms with Crippen LogP contribution < -0.4 is 4.74 Å². The summed E-state index contributed by atoms with van der Waals surface area (Å²) in [7, 11) is 1.77. The van der Waals surface area contributed by atoms with Crippen molar-refractivity contribution in [3.8, 4) is 5.75 Å². The van der Waals surface area contributed by atoms with E-state index in [1.54, 1.807) is 12.0 Å². The molecule has 2 aliphatic heterocycles. The van der Waals surface area contributed by atoms with Crippen LogP contribution in [0.2, 0.25) is 0 Å². The third kappa shape index (κ3) is 3.79. The molecule has 1 spiro atoms. The van der Waals surface area contributed by atoms with Gasteiger partial charge in [0.2, 0.25) is 11.8 Å². The topological polar surface area (TPSA) is 49.9 Å². The van der Waals surface area contributed by atoms with Gasteiger partial charge in [-0.1, -0.05) is 25.0 Å². The first-order valence-corrected chi connectivity index (χ1v) is 12.2. The number of carbonyl (C=O) groups is 2. The Morgan fingerprint density at radius 2 is 1.90 bits per heavy atom. The van der Waals surface area contributed by atoms with Gasteiger partial charge in [0.25, 0.3) is 0 Å². The number of piperidine rings is 2. The Hall–Kier alpha value is -1.88. The minimum Gasteiger partial charge on any atom is -0.496 e. The van der Waals surface area contributed by atoms with Crippen LogP contribution in [0.5, 0.6) is 5.75 Å². The molecule has 2 aliphatic carbocycles. The molecule has 2 saturated heterocycles. The monoisotopic (exact) mass is 424 g/mol. The van der Waals surface area contributed by atoms with Crippen LogP contribution in [0.15, 0.2) is 18.2 Å². The summed E-state index contributed by atoms with van der Waals surface area (Å²) in [6.07, 6.45) is 8.77. The average Bonchev–Trinajstić information content (AvgIpc) is 3.35. The summed E-state index contributed by atoms with van der Waals surface area (Å²) in [5.74, 6) is 2.45. The van der Waals surface area contributed by atoms with Crippen LogP contribution in [0, 0.1) is 11.3 Å². The Labute approximate surface area is 186 Å². The lowest BCUT2D eigenvalue weighted by atomic mass is 9.76. The lowest BCUT2D eigenvalue weighted by Crippen LogP contribution is -2.52. The van der Waals surface area contributed by atoms with Gasteiger partial charge in [-0.2, -0.15) is 0 Å². The fourth-order valence-electron chi connectivity index (χ4n) is 7.03. The van der Waals surface area contributed by atoms with E-state index in [4.69, 9.17) is 4.74 Å². The molecule has 168 valence electrons. The lowest BCUT2D eigenvalue weighted by molar-refractivity contribution is -0.156. The van der Waals surface area contributed by atoms with Crippen molar-refractivity contribution in [3.05, 3.63) is 29.3 Å². The molecule has 1 aromatic carbocycles. The van der Waals surface area contributed by atoms with E-state index in [9.17, 15) is 9.59 Å². The fourth-order valence-corrected chi connectivity index (χ4v) is 7.03. The summed E-state index contributed by atoms with van der Waals surface area (Å²) in [5, 5.41) is 0. The SMILES string of the molecule is COc1cccc2c1[C@@H]1CCN(CCC(C)N3C(=O)CC4(CCCC4)CC3=O)C[C@@H]1C2. The van der Waals surface area contributed by atoms with Crippen molar-refractivity contribution in [2.24, 2.45) is 11.3 Å². The Morgan fingerprint density at radius 3 is 2.61 bits per heavy atom. The average molecular weight is 425 g/mol. The molecular formula is C26H36N2O3. The second kappa shape index (κ2) is 8.23. The van der Waals surface area contributed by atoms with Crippen molar-refractivity contribution in [2.75, 3.05) is 26.7 Å². The summed E-state index contributed by atoms with van der Waals surface area (Å²) < 4.78 is 5.65. The molecule has 2 amide bonds. The number of carbonyl (C=O) groups excluding carboxylic acids is 2. The summed E-state index contributed by atoms with van der Waals surface area (Å²) in [4.78, 5) is 29.9. The number of imide groups is 1.